The van der Waals surface area contributed by atoms with Crippen molar-refractivity contribution in [3.63, 3.8) is 0 Å². The predicted octanol–water partition coefficient (Wildman–Crippen LogP) is 2.40. The van der Waals surface area contributed by atoms with Crippen LogP contribution in [0.2, 0.25) is 0 Å². The van der Waals surface area contributed by atoms with Crippen LogP contribution in [0.4, 0.5) is 0 Å². The Hall–Kier alpha value is -2.22. The lowest BCUT2D eigenvalue weighted by molar-refractivity contribution is 0.413. The summed E-state index contributed by atoms with van der Waals surface area (Å²) < 4.78 is 14.1. The first-order valence-corrected chi connectivity index (χ1v) is 11.4. The van der Waals surface area contributed by atoms with Crippen LogP contribution in [0, 0.1) is 0 Å². The van der Waals surface area contributed by atoms with Crippen molar-refractivity contribution in [2.75, 3.05) is 12.3 Å². The van der Waals surface area contributed by atoms with Gasteiger partial charge in [-0.25, -0.2) is 15.0 Å². The number of guanidine groups is 1. The molecule has 0 aromatic carbocycles. The van der Waals surface area contributed by atoms with E-state index >= 15 is 0 Å². The van der Waals surface area contributed by atoms with E-state index in [4.69, 9.17) is 4.99 Å². The summed E-state index contributed by atoms with van der Waals surface area (Å²) in [7, 11) is -0.718. The molecule has 8 heteroatoms. The van der Waals surface area contributed by atoms with Gasteiger partial charge in [0.1, 0.15) is 12.1 Å². The lowest BCUT2D eigenvalue weighted by Gasteiger charge is -2.30. The molecule has 152 valence electrons. The van der Waals surface area contributed by atoms with Crippen LogP contribution in [0.5, 0.6) is 0 Å². The zero-order valence-electron chi connectivity index (χ0n) is 16.7. The highest BCUT2D eigenvalue weighted by atomic mass is 32.2. The van der Waals surface area contributed by atoms with Crippen LogP contribution < -0.4 is 10.6 Å². The van der Waals surface area contributed by atoms with Gasteiger partial charge >= 0.3 is 0 Å². The second kappa shape index (κ2) is 10.4. The number of nitrogens with one attached hydrogen (secondary N) is 2. The molecule has 7 nitrogen and oxygen atoms in total. The fraction of sp³-hybridized carbons (Fsp3) is 0.550. The summed E-state index contributed by atoms with van der Waals surface area (Å²) in [5.41, 5.74) is 1.09. The Bertz CT molecular complexity index is 792. The molecule has 3 atom stereocenters. The van der Waals surface area contributed by atoms with E-state index in [1.54, 1.807) is 18.7 Å². The largest absolute Gasteiger partial charge is 0.357 e. The molecule has 0 amide bonds. The van der Waals surface area contributed by atoms with Gasteiger partial charge in [-0.05, 0) is 43.9 Å². The van der Waals surface area contributed by atoms with Gasteiger partial charge in [0, 0.05) is 53.0 Å². The number of imidazole rings is 1. The third kappa shape index (κ3) is 5.64. The molecular formula is C20H30N6OS. The van der Waals surface area contributed by atoms with Gasteiger partial charge in [-0.15, -0.1) is 0 Å². The summed E-state index contributed by atoms with van der Waals surface area (Å²) in [6, 6.07) is 4.33. The van der Waals surface area contributed by atoms with E-state index in [9.17, 15) is 4.21 Å². The minimum atomic E-state index is -0.718. The SMILES string of the molecule is CCNC(=NCc1ccnc(-n2ccnc2)c1)NC1CCCC(S(=O)CC)C1. The molecule has 2 aromatic heterocycles. The molecule has 2 N–H and O–H groups in total. The Kier molecular flexibility index (Phi) is 7.59. The van der Waals surface area contributed by atoms with E-state index in [-0.39, 0.29) is 0 Å². The zero-order valence-corrected chi connectivity index (χ0v) is 17.5. The normalized spacial score (nSPS) is 21.3. The molecule has 0 radical (unpaired) electrons. The molecular weight excluding hydrogens is 372 g/mol. The van der Waals surface area contributed by atoms with Crippen LogP contribution in [-0.4, -0.2) is 48.3 Å². The number of hydrogen-bond donors (Lipinski definition) is 2. The Morgan fingerprint density at radius 1 is 1.36 bits per heavy atom. The minimum absolute atomic E-state index is 0.303. The van der Waals surface area contributed by atoms with Crippen LogP contribution in [-0.2, 0) is 17.3 Å². The predicted molar refractivity (Wildman–Crippen MR) is 114 cm³/mol. The number of aromatic nitrogens is 3. The summed E-state index contributed by atoms with van der Waals surface area (Å²) in [6.07, 6.45) is 11.4. The number of aliphatic imine (C=N–C) groups is 1. The summed E-state index contributed by atoms with van der Waals surface area (Å²) in [4.78, 5) is 13.2. The van der Waals surface area contributed by atoms with E-state index in [0.29, 0.717) is 17.8 Å². The molecule has 0 saturated heterocycles. The number of hydrogen-bond acceptors (Lipinski definition) is 4. The fourth-order valence-electron chi connectivity index (χ4n) is 3.53. The Morgan fingerprint density at radius 3 is 3.00 bits per heavy atom. The maximum absolute atomic E-state index is 12.2. The quantitative estimate of drug-likeness (QED) is 0.549. The molecule has 3 unspecified atom stereocenters. The van der Waals surface area contributed by atoms with Crippen molar-refractivity contribution in [1.29, 1.82) is 0 Å². The molecule has 0 aliphatic heterocycles. The molecule has 1 saturated carbocycles. The molecule has 0 bridgehead atoms. The third-order valence-corrected chi connectivity index (χ3v) is 6.71. The molecule has 1 aliphatic carbocycles. The Morgan fingerprint density at radius 2 is 2.25 bits per heavy atom. The van der Waals surface area contributed by atoms with Gasteiger partial charge in [-0.1, -0.05) is 13.3 Å². The average molecular weight is 403 g/mol. The maximum atomic E-state index is 12.2. The van der Waals surface area contributed by atoms with Crippen molar-refractivity contribution in [2.24, 2.45) is 4.99 Å². The topological polar surface area (TPSA) is 84.2 Å². The summed E-state index contributed by atoms with van der Waals surface area (Å²) in [5, 5.41) is 7.19. The first-order chi connectivity index (χ1) is 13.7. The molecule has 0 spiro atoms. The van der Waals surface area contributed by atoms with E-state index in [2.05, 4.69) is 27.5 Å². The first-order valence-electron chi connectivity index (χ1n) is 10.0. The van der Waals surface area contributed by atoms with Crippen molar-refractivity contribution in [1.82, 2.24) is 25.2 Å². The number of rotatable bonds is 7. The number of pyridine rings is 1. The van der Waals surface area contributed by atoms with Gasteiger partial charge in [0.25, 0.3) is 0 Å². The lowest BCUT2D eigenvalue weighted by atomic mass is 9.95. The lowest BCUT2D eigenvalue weighted by Crippen LogP contribution is -2.46. The van der Waals surface area contributed by atoms with Crippen LogP contribution in [0.3, 0.4) is 0 Å². The highest BCUT2D eigenvalue weighted by Crippen LogP contribution is 2.23. The fourth-order valence-corrected chi connectivity index (χ4v) is 4.88. The van der Waals surface area contributed by atoms with Crippen LogP contribution >= 0.6 is 0 Å². The van der Waals surface area contributed by atoms with Gasteiger partial charge in [-0.2, -0.15) is 0 Å². The second-order valence-electron chi connectivity index (χ2n) is 6.99. The maximum Gasteiger partial charge on any atom is 0.191 e. The Labute approximate surface area is 169 Å². The smallest absolute Gasteiger partial charge is 0.191 e. The van der Waals surface area contributed by atoms with Crippen molar-refractivity contribution in [3.05, 3.63) is 42.6 Å². The van der Waals surface area contributed by atoms with Gasteiger partial charge in [0.2, 0.25) is 0 Å². The van der Waals surface area contributed by atoms with Gasteiger partial charge in [0.05, 0.1) is 6.54 Å². The zero-order chi connectivity index (χ0) is 19.8. The van der Waals surface area contributed by atoms with Gasteiger partial charge in [-0.3, -0.25) is 8.78 Å². The van der Waals surface area contributed by atoms with Crippen molar-refractivity contribution >= 4 is 16.8 Å². The van der Waals surface area contributed by atoms with E-state index in [1.165, 1.54) is 0 Å². The van der Waals surface area contributed by atoms with Crippen LogP contribution in [0.1, 0.15) is 45.1 Å². The van der Waals surface area contributed by atoms with Crippen molar-refractivity contribution < 1.29 is 4.21 Å². The average Bonchev–Trinajstić information content (AvgIpc) is 3.27. The highest BCUT2D eigenvalue weighted by Gasteiger charge is 2.26. The first kappa shape index (κ1) is 20.5. The summed E-state index contributed by atoms with van der Waals surface area (Å²) in [6.45, 7) is 5.44. The molecule has 3 rings (SSSR count). The second-order valence-corrected chi connectivity index (χ2v) is 8.99. The minimum Gasteiger partial charge on any atom is -0.357 e. The van der Waals surface area contributed by atoms with Gasteiger partial charge in [0.15, 0.2) is 5.96 Å². The van der Waals surface area contributed by atoms with Crippen molar-refractivity contribution in [3.8, 4) is 5.82 Å². The monoisotopic (exact) mass is 402 g/mol. The molecule has 1 aliphatic rings. The van der Waals surface area contributed by atoms with Gasteiger partial charge < -0.3 is 10.6 Å². The van der Waals surface area contributed by atoms with E-state index < -0.39 is 10.8 Å². The van der Waals surface area contributed by atoms with Crippen molar-refractivity contribution in [2.45, 2.75) is 57.4 Å². The highest BCUT2D eigenvalue weighted by molar-refractivity contribution is 7.85. The van der Waals surface area contributed by atoms with E-state index in [0.717, 1.165) is 55.3 Å². The van der Waals surface area contributed by atoms with Crippen LogP contribution in [0.15, 0.2) is 42.0 Å². The molecule has 2 aromatic rings. The standard InChI is InChI=1S/C20H30N6OS/c1-3-22-20(25-17-6-5-7-18(13-17)28(27)4-2)24-14-16-8-9-23-19(12-16)26-11-10-21-15-26/h8-12,15,17-18H,3-7,13-14H2,1-2H3,(H2,22,24,25). The molecule has 2 heterocycles. The number of nitrogens with zero attached hydrogens (tertiary/aromatic N) is 4. The summed E-state index contributed by atoms with van der Waals surface area (Å²) in [5.74, 6) is 2.39. The molecule has 28 heavy (non-hydrogen) atoms. The van der Waals surface area contributed by atoms with Crippen LogP contribution in [0.25, 0.3) is 5.82 Å². The third-order valence-electron chi connectivity index (χ3n) is 4.97. The van der Waals surface area contributed by atoms with E-state index in [1.807, 2.05) is 29.8 Å². The Balaban J connectivity index is 1.64. The molecule has 1 fully saturated rings. The summed E-state index contributed by atoms with van der Waals surface area (Å²) >= 11 is 0.